The van der Waals surface area contributed by atoms with Gasteiger partial charge in [0, 0.05) is 33.0 Å². The van der Waals surface area contributed by atoms with Crippen LogP contribution in [0.15, 0.2) is 58.4 Å². The van der Waals surface area contributed by atoms with E-state index in [1.54, 1.807) is 24.3 Å². The van der Waals surface area contributed by atoms with Crippen LogP contribution in [-0.2, 0) is 16.0 Å². The number of thiocarbonyl (C=S) groups is 1. The number of benzene rings is 1. The van der Waals surface area contributed by atoms with Crippen molar-refractivity contribution >= 4 is 51.7 Å². The molecule has 1 saturated heterocycles. The van der Waals surface area contributed by atoms with Crippen molar-refractivity contribution in [3.63, 3.8) is 0 Å². The lowest BCUT2D eigenvalue weighted by Crippen LogP contribution is -2.29. The largest absolute Gasteiger partial charge is 0.385 e. The second-order valence-corrected chi connectivity index (χ2v) is 9.94. The lowest BCUT2D eigenvalue weighted by molar-refractivity contribution is -0.122. The van der Waals surface area contributed by atoms with E-state index in [9.17, 15) is 9.59 Å². The first kappa shape index (κ1) is 25.1. The fourth-order valence-electron chi connectivity index (χ4n) is 3.91. The molecule has 0 atom stereocenters. The Kier molecular flexibility index (Phi) is 8.33. The van der Waals surface area contributed by atoms with E-state index in [0.29, 0.717) is 46.0 Å². The summed E-state index contributed by atoms with van der Waals surface area (Å²) in [5.41, 5.74) is 2.80. The van der Waals surface area contributed by atoms with Gasteiger partial charge in [0.05, 0.1) is 10.5 Å². The zero-order chi connectivity index (χ0) is 24.8. The van der Waals surface area contributed by atoms with Crippen molar-refractivity contribution in [2.75, 3.05) is 32.1 Å². The third-order valence-electron chi connectivity index (χ3n) is 5.74. The molecule has 0 radical (unpaired) electrons. The van der Waals surface area contributed by atoms with Crippen LogP contribution in [0, 0.1) is 6.92 Å². The molecule has 4 rings (SSSR count). The highest BCUT2D eigenvalue weighted by molar-refractivity contribution is 8.26. The standard InChI is InChI=1S/C26H28N4O3S2/c1-18-9-6-14-29-23(18)28-22(27-13-8-16-33-2)20(24(29)31)17-21-25(32)30(26(34)35-21)15-7-12-19-10-4-3-5-11-19/h3-6,9-11,14,17,27H,7-8,12-13,15-16H2,1-2H3/b21-17-. The van der Waals surface area contributed by atoms with Crippen LogP contribution in [0.4, 0.5) is 5.82 Å². The van der Waals surface area contributed by atoms with Gasteiger partial charge in [-0.1, -0.05) is 60.4 Å². The maximum Gasteiger partial charge on any atom is 0.267 e. The predicted octanol–water partition coefficient (Wildman–Crippen LogP) is 4.29. The zero-order valence-electron chi connectivity index (χ0n) is 19.8. The lowest BCUT2D eigenvalue weighted by atomic mass is 10.1. The molecule has 0 bridgehead atoms. The first-order valence-electron chi connectivity index (χ1n) is 11.5. The van der Waals surface area contributed by atoms with Gasteiger partial charge in [0.2, 0.25) is 0 Å². The van der Waals surface area contributed by atoms with Crippen LogP contribution in [0.25, 0.3) is 11.7 Å². The number of nitrogens with one attached hydrogen (secondary N) is 1. The Bertz CT molecular complexity index is 1320. The van der Waals surface area contributed by atoms with Crippen LogP contribution < -0.4 is 10.9 Å². The van der Waals surface area contributed by atoms with Crippen molar-refractivity contribution in [1.82, 2.24) is 14.3 Å². The van der Waals surface area contributed by atoms with Crippen LogP contribution in [-0.4, -0.2) is 51.3 Å². The monoisotopic (exact) mass is 508 g/mol. The molecule has 3 aromatic rings. The minimum Gasteiger partial charge on any atom is -0.385 e. The van der Waals surface area contributed by atoms with Crippen LogP contribution in [0.5, 0.6) is 0 Å². The SMILES string of the molecule is COCCCNc1nc2c(C)cccn2c(=O)c1/C=C1\SC(=S)N(CCCc2ccccc2)C1=O. The normalized spacial score (nSPS) is 14.9. The molecule has 1 aromatic carbocycles. The molecule has 1 amide bonds. The molecule has 1 aliphatic heterocycles. The van der Waals surface area contributed by atoms with Crippen LogP contribution in [0.2, 0.25) is 0 Å². The highest BCUT2D eigenvalue weighted by atomic mass is 32.2. The molecule has 182 valence electrons. The highest BCUT2D eigenvalue weighted by Gasteiger charge is 2.32. The number of methoxy groups -OCH3 is 1. The van der Waals surface area contributed by atoms with E-state index >= 15 is 0 Å². The maximum atomic E-state index is 13.4. The van der Waals surface area contributed by atoms with Gasteiger partial charge in [-0.05, 0) is 49.5 Å². The minimum absolute atomic E-state index is 0.174. The van der Waals surface area contributed by atoms with Crippen molar-refractivity contribution in [3.05, 3.63) is 80.6 Å². The molecule has 35 heavy (non-hydrogen) atoms. The van der Waals surface area contributed by atoms with E-state index in [1.807, 2.05) is 37.3 Å². The molecule has 1 fully saturated rings. The summed E-state index contributed by atoms with van der Waals surface area (Å²) in [6.07, 6.45) is 5.74. The average Bonchev–Trinajstić information content (AvgIpc) is 3.12. The zero-order valence-corrected chi connectivity index (χ0v) is 21.5. The number of carbonyl (C=O) groups is 1. The number of aryl methyl sites for hydroxylation is 2. The number of ether oxygens (including phenoxy) is 1. The number of aromatic nitrogens is 2. The molecule has 0 spiro atoms. The number of fused-ring (bicyclic) bond motifs is 1. The molecule has 9 heteroatoms. The first-order chi connectivity index (χ1) is 17.0. The van der Waals surface area contributed by atoms with Gasteiger partial charge >= 0.3 is 0 Å². The predicted molar refractivity (Wildman–Crippen MR) is 146 cm³/mol. The molecule has 7 nitrogen and oxygen atoms in total. The lowest BCUT2D eigenvalue weighted by Gasteiger charge is -2.14. The van der Waals surface area contributed by atoms with E-state index in [-0.39, 0.29) is 11.5 Å². The maximum absolute atomic E-state index is 13.4. The van der Waals surface area contributed by atoms with Gasteiger partial charge in [-0.15, -0.1) is 0 Å². The molecule has 1 N–H and O–H groups in total. The third-order valence-corrected chi connectivity index (χ3v) is 7.12. The summed E-state index contributed by atoms with van der Waals surface area (Å²) in [5.74, 6) is 0.280. The summed E-state index contributed by atoms with van der Waals surface area (Å²) in [6.45, 7) is 3.63. The second kappa shape index (κ2) is 11.6. The average molecular weight is 509 g/mol. The summed E-state index contributed by atoms with van der Waals surface area (Å²) < 4.78 is 7.15. The third kappa shape index (κ3) is 5.80. The van der Waals surface area contributed by atoms with Crippen molar-refractivity contribution in [2.45, 2.75) is 26.2 Å². The number of carbonyl (C=O) groups excluding carboxylic acids is 1. The van der Waals surface area contributed by atoms with Crippen LogP contribution >= 0.6 is 24.0 Å². The van der Waals surface area contributed by atoms with Gasteiger partial charge in [0.25, 0.3) is 11.5 Å². The van der Waals surface area contributed by atoms with Gasteiger partial charge < -0.3 is 10.1 Å². The smallest absolute Gasteiger partial charge is 0.267 e. The van der Waals surface area contributed by atoms with E-state index < -0.39 is 0 Å². The number of nitrogens with zero attached hydrogens (tertiary/aromatic N) is 3. The van der Waals surface area contributed by atoms with E-state index in [1.165, 1.54) is 21.7 Å². The van der Waals surface area contributed by atoms with Gasteiger partial charge in [-0.2, -0.15) is 0 Å². The summed E-state index contributed by atoms with van der Waals surface area (Å²) in [5, 5.41) is 3.26. The quantitative estimate of drug-likeness (QED) is 0.249. The Morgan fingerprint density at radius 1 is 1.14 bits per heavy atom. The molecule has 3 heterocycles. The van der Waals surface area contributed by atoms with E-state index in [4.69, 9.17) is 21.9 Å². The molecule has 0 aliphatic carbocycles. The van der Waals surface area contributed by atoms with Crippen molar-refractivity contribution < 1.29 is 9.53 Å². The van der Waals surface area contributed by atoms with Crippen molar-refractivity contribution in [3.8, 4) is 0 Å². The molecule has 0 unspecified atom stereocenters. The fraction of sp³-hybridized carbons (Fsp3) is 0.308. The number of pyridine rings is 1. The fourth-order valence-corrected chi connectivity index (χ4v) is 5.20. The summed E-state index contributed by atoms with van der Waals surface area (Å²) >= 11 is 6.72. The molecular weight excluding hydrogens is 480 g/mol. The van der Waals surface area contributed by atoms with E-state index in [0.717, 1.165) is 24.8 Å². The summed E-state index contributed by atoms with van der Waals surface area (Å²) in [4.78, 5) is 33.4. The molecular formula is C26H28N4O3S2. The number of rotatable bonds is 10. The number of hydrogen-bond donors (Lipinski definition) is 1. The van der Waals surface area contributed by atoms with Gasteiger partial charge in [-0.3, -0.25) is 18.9 Å². The molecule has 1 aliphatic rings. The Morgan fingerprint density at radius 2 is 1.94 bits per heavy atom. The number of anilines is 1. The van der Waals surface area contributed by atoms with Crippen molar-refractivity contribution in [1.29, 1.82) is 0 Å². The highest BCUT2D eigenvalue weighted by Crippen LogP contribution is 2.33. The van der Waals surface area contributed by atoms with Crippen LogP contribution in [0.1, 0.15) is 29.5 Å². The van der Waals surface area contributed by atoms with Gasteiger partial charge in [0.1, 0.15) is 15.8 Å². The molecule has 0 saturated carbocycles. The summed E-state index contributed by atoms with van der Waals surface area (Å²) in [6, 6.07) is 13.9. The van der Waals surface area contributed by atoms with Gasteiger partial charge in [0.15, 0.2) is 0 Å². The Hall–Kier alpha value is -3.01. The topological polar surface area (TPSA) is 75.9 Å². The van der Waals surface area contributed by atoms with Crippen molar-refractivity contribution in [2.24, 2.45) is 0 Å². The summed E-state index contributed by atoms with van der Waals surface area (Å²) in [7, 11) is 1.65. The Balaban J connectivity index is 1.60. The Morgan fingerprint density at radius 3 is 2.71 bits per heavy atom. The number of thioether (sulfide) groups is 1. The van der Waals surface area contributed by atoms with Gasteiger partial charge in [-0.25, -0.2) is 4.98 Å². The minimum atomic E-state index is -0.234. The van der Waals surface area contributed by atoms with E-state index in [2.05, 4.69) is 17.4 Å². The Labute approximate surface area is 214 Å². The number of amides is 1. The second-order valence-electron chi connectivity index (χ2n) is 8.26. The molecule has 2 aromatic heterocycles. The number of hydrogen-bond acceptors (Lipinski definition) is 7. The first-order valence-corrected chi connectivity index (χ1v) is 12.8. The van der Waals surface area contributed by atoms with Crippen LogP contribution in [0.3, 0.4) is 0 Å².